The van der Waals surface area contributed by atoms with Crippen molar-refractivity contribution in [1.82, 2.24) is 30.2 Å². The summed E-state index contributed by atoms with van der Waals surface area (Å²) >= 11 is 6.73. The molecule has 0 radical (unpaired) electrons. The number of carbonyl (C=O) groups is 4. The van der Waals surface area contributed by atoms with Gasteiger partial charge < -0.3 is 35.4 Å². The number of urea groups is 1. The molecule has 5 amide bonds. The lowest BCUT2D eigenvalue weighted by molar-refractivity contribution is -0.145. The van der Waals surface area contributed by atoms with Crippen molar-refractivity contribution in [3.63, 3.8) is 0 Å². The second-order valence-corrected chi connectivity index (χ2v) is 21.9. The van der Waals surface area contributed by atoms with Gasteiger partial charge in [0.15, 0.2) is 28.8 Å². The molecule has 5 aromatic rings. The van der Waals surface area contributed by atoms with E-state index >= 15 is 17.6 Å². The number of piperidine rings is 2. The number of anilines is 1. The van der Waals surface area contributed by atoms with Crippen molar-refractivity contribution in [3.8, 4) is 22.6 Å². The number of ether oxygens (including phenoxy) is 2. The van der Waals surface area contributed by atoms with Gasteiger partial charge in [0.2, 0.25) is 17.7 Å². The zero-order valence-corrected chi connectivity index (χ0v) is 43.6. The summed E-state index contributed by atoms with van der Waals surface area (Å²) < 4.78 is 78.1. The smallest absolute Gasteiger partial charge is 0.329 e. The standard InChI is InChI=1S/C56H63ClF4N8O7/c1-31-43-41(28-39(59)47(57)46(43)45-36(51(62)72)9-10-40(48(45)60)75-26-25-70)76-56(31,34-7-5-4-6-8-34)30-63-35-11-18-55(2,19-12-35)53(73)68-22-13-32(14-23-68)29-67-20-15-33(16-21-67)44-38(58)27-37-50(49(44)61)66(3)65-52(37)69-24-17-42(71)64-54(69)74/h4-10,27-28,31-33,35,63,70H,11-26,29-30H2,1-3H3,(H2,62,72)(H,64,71,74)/t31-,35?,55?,56-/m0/s1. The number of aryl methyl sites for hydroxylation is 1. The molecule has 4 fully saturated rings. The first-order valence-corrected chi connectivity index (χ1v) is 26.6. The van der Waals surface area contributed by atoms with Crippen molar-refractivity contribution in [3.05, 3.63) is 105 Å². The number of likely N-dealkylation sites (tertiary alicyclic amines) is 2. The fraction of sp³-hybridized carbons (Fsp3) is 0.482. The molecule has 5 heterocycles. The Hall–Kier alpha value is -6.28. The van der Waals surface area contributed by atoms with Gasteiger partial charge in [0.1, 0.15) is 29.5 Å². The van der Waals surface area contributed by atoms with Crippen LogP contribution in [-0.4, -0.2) is 114 Å². The van der Waals surface area contributed by atoms with Gasteiger partial charge in [0.05, 0.1) is 22.6 Å². The summed E-state index contributed by atoms with van der Waals surface area (Å²) in [5, 5.41) is 19.5. The molecule has 4 aromatic carbocycles. The summed E-state index contributed by atoms with van der Waals surface area (Å²) in [5.41, 5.74) is 4.76. The zero-order valence-electron chi connectivity index (χ0n) is 42.8. The van der Waals surface area contributed by atoms with Crippen molar-refractivity contribution in [1.29, 1.82) is 0 Å². The predicted molar refractivity (Wildman–Crippen MR) is 277 cm³/mol. The summed E-state index contributed by atoms with van der Waals surface area (Å²) in [6.07, 6.45) is 5.68. The molecule has 0 unspecified atom stereocenters. The first-order valence-electron chi connectivity index (χ1n) is 26.3. The third-order valence-corrected chi connectivity index (χ3v) is 17.3. The highest BCUT2D eigenvalue weighted by Gasteiger charge is 2.51. The van der Waals surface area contributed by atoms with Gasteiger partial charge in [-0.1, -0.05) is 55.8 Å². The van der Waals surface area contributed by atoms with Crippen molar-refractivity contribution >= 4 is 52.1 Å². The van der Waals surface area contributed by atoms with E-state index in [-0.39, 0.29) is 94.5 Å². The summed E-state index contributed by atoms with van der Waals surface area (Å²) in [6.45, 7) is 7.16. The first kappa shape index (κ1) is 53.1. The van der Waals surface area contributed by atoms with Gasteiger partial charge in [-0.25, -0.2) is 22.4 Å². The normalized spacial score (nSPS) is 23.7. The average molecular weight is 1070 g/mol. The Balaban J connectivity index is 0.751. The van der Waals surface area contributed by atoms with E-state index in [9.17, 15) is 24.3 Å². The number of aliphatic hydroxyl groups excluding tert-OH is 1. The van der Waals surface area contributed by atoms with E-state index < -0.39 is 69.7 Å². The quantitative estimate of drug-likeness (QED) is 0.0788. The summed E-state index contributed by atoms with van der Waals surface area (Å²) in [5.74, 6) is -5.01. The highest BCUT2D eigenvalue weighted by atomic mass is 35.5. The molecule has 1 aromatic heterocycles. The van der Waals surface area contributed by atoms with E-state index in [0.717, 1.165) is 24.9 Å². The van der Waals surface area contributed by atoms with Gasteiger partial charge >= 0.3 is 6.03 Å². The summed E-state index contributed by atoms with van der Waals surface area (Å²) in [4.78, 5) is 57.0. The molecule has 15 nitrogen and oxygen atoms in total. The molecule has 1 saturated carbocycles. The molecule has 20 heteroatoms. The Morgan fingerprint density at radius 2 is 1.63 bits per heavy atom. The Labute approximate surface area is 443 Å². The van der Waals surface area contributed by atoms with Crippen molar-refractivity contribution in [2.75, 3.05) is 63.9 Å². The van der Waals surface area contributed by atoms with E-state index in [4.69, 9.17) is 26.8 Å². The lowest BCUT2D eigenvalue weighted by Gasteiger charge is -2.43. The Morgan fingerprint density at radius 3 is 2.30 bits per heavy atom. The van der Waals surface area contributed by atoms with Crippen LogP contribution in [0.25, 0.3) is 22.0 Å². The van der Waals surface area contributed by atoms with Crippen LogP contribution < -0.4 is 30.7 Å². The fourth-order valence-electron chi connectivity index (χ4n) is 12.6. The lowest BCUT2D eigenvalue weighted by atomic mass is 9.72. The third kappa shape index (κ3) is 9.65. The van der Waals surface area contributed by atoms with E-state index in [1.54, 1.807) is 7.05 Å². The molecule has 0 spiro atoms. The summed E-state index contributed by atoms with van der Waals surface area (Å²) in [7, 11) is 1.56. The molecule has 0 bridgehead atoms. The minimum atomic E-state index is -1.14. The van der Waals surface area contributed by atoms with E-state index in [2.05, 4.69) is 27.6 Å². The molecular formula is C56H63ClF4N8O7. The maximum Gasteiger partial charge on any atom is 0.329 e. The molecule has 2 atom stereocenters. The van der Waals surface area contributed by atoms with Crippen LogP contribution in [0.4, 0.5) is 28.2 Å². The number of primary amides is 1. The van der Waals surface area contributed by atoms with Crippen molar-refractivity contribution in [2.45, 2.75) is 95.1 Å². The fourth-order valence-corrected chi connectivity index (χ4v) is 12.9. The number of halogens is 5. The molecule has 5 N–H and O–H groups in total. The number of nitrogens with two attached hydrogens (primary N) is 1. The van der Waals surface area contributed by atoms with E-state index in [1.165, 1.54) is 33.8 Å². The van der Waals surface area contributed by atoms with Crippen LogP contribution in [0, 0.1) is 34.6 Å². The Bertz CT molecular complexity index is 3080. The van der Waals surface area contributed by atoms with Crippen molar-refractivity contribution < 1.29 is 51.3 Å². The van der Waals surface area contributed by atoms with Gasteiger partial charge in [0, 0.05) is 91.9 Å². The van der Waals surface area contributed by atoms with Crippen LogP contribution in [0.3, 0.4) is 0 Å². The topological polar surface area (TPSA) is 185 Å². The second-order valence-electron chi connectivity index (χ2n) is 21.5. The van der Waals surface area contributed by atoms with Crippen LogP contribution in [0.2, 0.25) is 5.02 Å². The third-order valence-electron chi connectivity index (χ3n) is 16.9. The monoisotopic (exact) mass is 1070 g/mol. The maximum atomic E-state index is 16.5. The number of amides is 5. The number of hydrogen-bond donors (Lipinski definition) is 4. The van der Waals surface area contributed by atoms with Crippen LogP contribution in [0.1, 0.15) is 111 Å². The summed E-state index contributed by atoms with van der Waals surface area (Å²) in [6, 6.07) is 13.8. The molecule has 5 aliphatic rings. The number of benzene rings is 4. The molecular weight excluding hydrogens is 1010 g/mol. The van der Waals surface area contributed by atoms with Crippen LogP contribution >= 0.6 is 11.6 Å². The zero-order chi connectivity index (χ0) is 53.8. The highest BCUT2D eigenvalue weighted by molar-refractivity contribution is 6.34. The minimum Gasteiger partial charge on any atom is -0.488 e. The van der Waals surface area contributed by atoms with Gasteiger partial charge in [-0.3, -0.25) is 29.3 Å². The largest absolute Gasteiger partial charge is 0.488 e. The number of carbonyl (C=O) groups excluding carboxylic acids is 4. The number of nitrogens with zero attached hydrogens (tertiary/aromatic N) is 5. The predicted octanol–water partition coefficient (Wildman–Crippen LogP) is 8.41. The van der Waals surface area contributed by atoms with Crippen LogP contribution in [0.15, 0.2) is 54.6 Å². The van der Waals surface area contributed by atoms with Crippen LogP contribution in [-0.2, 0) is 22.2 Å². The molecule has 4 aliphatic heterocycles. The minimum absolute atomic E-state index is 0.0111. The van der Waals surface area contributed by atoms with E-state index in [1.807, 2.05) is 42.2 Å². The maximum absolute atomic E-state index is 16.5. The Kier molecular flexibility index (Phi) is 14.9. The number of aliphatic hydroxyl groups is 1. The molecule has 10 rings (SSSR count). The highest BCUT2D eigenvalue weighted by Crippen LogP contribution is 2.57. The number of rotatable bonds is 14. The number of imide groups is 1. The first-order chi connectivity index (χ1) is 36.4. The number of nitrogens with one attached hydrogen (secondary N) is 2. The second kappa shape index (κ2) is 21.3. The Morgan fingerprint density at radius 1 is 0.921 bits per heavy atom. The SMILES string of the molecule is C[C@H]1c2c(cc(F)c(Cl)c2-c2c(C(N)=O)ccc(OCCO)c2F)O[C@]1(CNC1CCC(C)(C(=O)N2CCC(CN3CCC(c4c(F)cc5c(N6CCC(=O)NC6=O)nn(C)c5c4F)CC3)CC2)CC1)c1ccccc1. The number of hydrogen-bond acceptors (Lipinski definition) is 10. The van der Waals surface area contributed by atoms with E-state index in [0.29, 0.717) is 76.2 Å². The molecule has 1 aliphatic carbocycles. The lowest BCUT2D eigenvalue weighted by Crippen LogP contribution is -2.51. The average Bonchev–Trinajstić information content (AvgIpc) is 3.94. The van der Waals surface area contributed by atoms with Crippen LogP contribution in [0.5, 0.6) is 11.5 Å². The molecule has 76 heavy (non-hydrogen) atoms. The number of aromatic nitrogens is 2. The van der Waals surface area contributed by atoms with Gasteiger partial charge in [-0.2, -0.15) is 5.10 Å². The van der Waals surface area contributed by atoms with Gasteiger partial charge in [0.25, 0.3) is 0 Å². The number of fused-ring (bicyclic) bond motifs is 2. The van der Waals surface area contributed by atoms with Gasteiger partial charge in [-0.05, 0) is 100 Å². The van der Waals surface area contributed by atoms with Crippen molar-refractivity contribution in [2.24, 2.45) is 24.1 Å². The molecule has 3 saturated heterocycles. The van der Waals surface area contributed by atoms with Gasteiger partial charge in [-0.15, -0.1) is 0 Å². The molecule has 404 valence electrons.